The Kier molecular flexibility index (Phi) is 7.06. The first-order chi connectivity index (χ1) is 10.7. The van der Waals surface area contributed by atoms with Crippen molar-refractivity contribution in [3.8, 4) is 0 Å². The lowest BCUT2D eigenvalue weighted by molar-refractivity contribution is -0.122. The first kappa shape index (κ1) is 17.2. The molecule has 1 fully saturated rings. The van der Waals surface area contributed by atoms with Crippen molar-refractivity contribution in [2.75, 3.05) is 25.4 Å². The fourth-order valence-corrected chi connectivity index (χ4v) is 3.93. The molecule has 1 N–H and O–H groups in total. The van der Waals surface area contributed by atoms with Crippen LogP contribution in [0.3, 0.4) is 0 Å². The van der Waals surface area contributed by atoms with Gasteiger partial charge in [0, 0.05) is 36.2 Å². The van der Waals surface area contributed by atoms with E-state index in [9.17, 15) is 9.00 Å². The fourth-order valence-electron chi connectivity index (χ4n) is 2.81. The number of likely N-dealkylation sites (tertiary alicyclic amines) is 1. The summed E-state index contributed by atoms with van der Waals surface area (Å²) in [7, 11) is -0.939. The highest BCUT2D eigenvalue weighted by Gasteiger charge is 2.21. The zero-order valence-corrected chi connectivity index (χ0v) is 14.1. The van der Waals surface area contributed by atoms with E-state index >= 15 is 0 Å². The molecule has 0 aromatic heterocycles. The van der Waals surface area contributed by atoms with Gasteiger partial charge in [-0.15, -0.1) is 0 Å². The van der Waals surface area contributed by atoms with Crippen molar-refractivity contribution in [1.82, 2.24) is 10.2 Å². The summed E-state index contributed by atoms with van der Waals surface area (Å²) < 4.78 is 12.2. The number of piperidine rings is 1. The summed E-state index contributed by atoms with van der Waals surface area (Å²) in [5.74, 6) is 0.807. The molecule has 1 aliphatic heterocycles. The molecule has 0 bridgehead atoms. The Morgan fingerprint density at radius 2 is 2.14 bits per heavy atom. The Bertz CT molecular complexity index is 493. The molecule has 4 nitrogen and oxygen atoms in total. The van der Waals surface area contributed by atoms with Crippen LogP contribution in [0.15, 0.2) is 35.2 Å². The van der Waals surface area contributed by atoms with Crippen LogP contribution in [0, 0.1) is 0 Å². The minimum atomic E-state index is -0.939. The molecule has 1 amide bonds. The summed E-state index contributed by atoms with van der Waals surface area (Å²) in [6.07, 6.45) is 3.63. The zero-order valence-electron chi connectivity index (χ0n) is 13.3. The van der Waals surface area contributed by atoms with Gasteiger partial charge in [0.15, 0.2) is 0 Å². The molecule has 0 unspecified atom stereocenters. The van der Waals surface area contributed by atoms with Crippen molar-refractivity contribution >= 4 is 16.7 Å². The number of benzene rings is 1. The Balaban J connectivity index is 1.76. The zero-order chi connectivity index (χ0) is 15.8. The van der Waals surface area contributed by atoms with Crippen LogP contribution >= 0.6 is 0 Å². The molecule has 1 aliphatic rings. The van der Waals surface area contributed by atoms with Gasteiger partial charge in [0.05, 0.1) is 10.8 Å². The normalized spacial score (nSPS) is 20.5. The third kappa shape index (κ3) is 5.54. The molecule has 1 heterocycles. The Hall–Kier alpha value is -1.20. The molecular formula is C17H26N2O2S. The lowest BCUT2D eigenvalue weighted by atomic mass is 10.1. The molecule has 1 saturated heterocycles. The molecule has 122 valence electrons. The summed E-state index contributed by atoms with van der Waals surface area (Å²) in [6, 6.07) is 9.87. The third-order valence-electron chi connectivity index (χ3n) is 3.95. The van der Waals surface area contributed by atoms with E-state index in [-0.39, 0.29) is 11.9 Å². The predicted molar refractivity (Wildman–Crippen MR) is 90.2 cm³/mol. The summed E-state index contributed by atoms with van der Waals surface area (Å²) in [5.41, 5.74) is 0. The van der Waals surface area contributed by atoms with E-state index in [0.29, 0.717) is 12.2 Å². The number of nitrogens with zero attached hydrogens (tertiary/aromatic N) is 1. The van der Waals surface area contributed by atoms with Gasteiger partial charge in [0.25, 0.3) is 0 Å². The number of hydrogen-bond acceptors (Lipinski definition) is 3. The van der Waals surface area contributed by atoms with Crippen molar-refractivity contribution in [2.24, 2.45) is 0 Å². The molecule has 2 atom stereocenters. The number of rotatable bonds is 7. The molecule has 1 aromatic carbocycles. The highest BCUT2D eigenvalue weighted by molar-refractivity contribution is 7.85. The van der Waals surface area contributed by atoms with Gasteiger partial charge in [0.1, 0.15) is 0 Å². The van der Waals surface area contributed by atoms with Crippen LogP contribution in [-0.4, -0.2) is 46.4 Å². The second-order valence-corrected chi connectivity index (χ2v) is 7.39. The number of hydrogen-bond donors (Lipinski definition) is 1. The molecule has 5 heteroatoms. The average Bonchev–Trinajstić information content (AvgIpc) is 2.54. The highest BCUT2D eigenvalue weighted by atomic mass is 32.2. The van der Waals surface area contributed by atoms with Crippen LogP contribution in [0.5, 0.6) is 0 Å². The van der Waals surface area contributed by atoms with Gasteiger partial charge in [-0.25, -0.2) is 0 Å². The van der Waals surface area contributed by atoms with E-state index in [1.54, 1.807) is 0 Å². The van der Waals surface area contributed by atoms with Crippen LogP contribution in [0.25, 0.3) is 0 Å². The Morgan fingerprint density at radius 3 is 2.86 bits per heavy atom. The molecule has 2 rings (SSSR count). The van der Waals surface area contributed by atoms with Crippen molar-refractivity contribution in [1.29, 1.82) is 0 Å². The standard InChI is InChI=1S/C17H26N2O2S/c1-2-7-17(20)18-15-8-6-11-19(14-15)12-13-22(21)16-9-4-3-5-10-16/h3-5,9-10,15H,2,6-8,11-14H2,1H3,(H,18,20)/t15-,22+/m0/s1. The average molecular weight is 322 g/mol. The largest absolute Gasteiger partial charge is 0.352 e. The highest BCUT2D eigenvalue weighted by Crippen LogP contribution is 2.12. The number of amides is 1. The maximum Gasteiger partial charge on any atom is 0.220 e. The van der Waals surface area contributed by atoms with E-state index in [4.69, 9.17) is 0 Å². The van der Waals surface area contributed by atoms with Crippen LogP contribution in [0.2, 0.25) is 0 Å². The lowest BCUT2D eigenvalue weighted by Crippen LogP contribution is -2.48. The Labute approximate surface area is 135 Å². The van der Waals surface area contributed by atoms with Crippen molar-refractivity contribution in [3.63, 3.8) is 0 Å². The maximum absolute atomic E-state index is 12.2. The van der Waals surface area contributed by atoms with Crippen LogP contribution in [0.1, 0.15) is 32.6 Å². The van der Waals surface area contributed by atoms with E-state index in [1.165, 1.54) is 0 Å². The number of carbonyl (C=O) groups is 1. The minimum Gasteiger partial charge on any atom is -0.352 e. The minimum absolute atomic E-state index is 0.155. The first-order valence-electron chi connectivity index (χ1n) is 8.14. The SMILES string of the molecule is CCCC(=O)N[C@H]1CCCN(CC[S@@](=O)c2ccccc2)C1. The van der Waals surface area contributed by atoms with Crippen LogP contribution in [0.4, 0.5) is 0 Å². The van der Waals surface area contributed by atoms with Gasteiger partial charge in [-0.3, -0.25) is 9.00 Å². The summed E-state index contributed by atoms with van der Waals surface area (Å²) in [4.78, 5) is 14.9. The van der Waals surface area contributed by atoms with Crippen molar-refractivity contribution in [3.05, 3.63) is 30.3 Å². The predicted octanol–water partition coefficient (Wildman–Crippen LogP) is 2.17. The quantitative estimate of drug-likeness (QED) is 0.837. The maximum atomic E-state index is 12.2. The van der Waals surface area contributed by atoms with Crippen molar-refractivity contribution in [2.45, 2.75) is 43.5 Å². The first-order valence-corrected chi connectivity index (χ1v) is 9.46. The molecule has 22 heavy (non-hydrogen) atoms. The molecule has 0 saturated carbocycles. The number of carbonyl (C=O) groups excluding carboxylic acids is 1. The molecular weight excluding hydrogens is 296 g/mol. The van der Waals surface area contributed by atoms with E-state index in [2.05, 4.69) is 10.2 Å². The monoisotopic (exact) mass is 322 g/mol. The molecule has 1 aromatic rings. The molecule has 0 aliphatic carbocycles. The molecule has 0 spiro atoms. The van der Waals surface area contributed by atoms with E-state index in [0.717, 1.165) is 43.8 Å². The van der Waals surface area contributed by atoms with E-state index < -0.39 is 10.8 Å². The summed E-state index contributed by atoms with van der Waals surface area (Å²) in [5, 5.41) is 3.11. The summed E-state index contributed by atoms with van der Waals surface area (Å²) in [6.45, 7) is 4.75. The smallest absolute Gasteiger partial charge is 0.220 e. The Morgan fingerprint density at radius 1 is 1.36 bits per heavy atom. The van der Waals surface area contributed by atoms with Gasteiger partial charge < -0.3 is 10.2 Å². The topological polar surface area (TPSA) is 49.4 Å². The lowest BCUT2D eigenvalue weighted by Gasteiger charge is -2.33. The van der Waals surface area contributed by atoms with Crippen LogP contribution in [-0.2, 0) is 15.6 Å². The number of nitrogens with one attached hydrogen (secondary N) is 1. The van der Waals surface area contributed by atoms with Crippen molar-refractivity contribution < 1.29 is 9.00 Å². The molecule has 0 radical (unpaired) electrons. The van der Waals surface area contributed by atoms with Gasteiger partial charge in [-0.1, -0.05) is 25.1 Å². The summed E-state index contributed by atoms with van der Waals surface area (Å²) >= 11 is 0. The second-order valence-electron chi connectivity index (χ2n) is 5.82. The van der Waals surface area contributed by atoms with Gasteiger partial charge in [0.2, 0.25) is 5.91 Å². The van der Waals surface area contributed by atoms with Gasteiger partial charge in [-0.2, -0.15) is 0 Å². The van der Waals surface area contributed by atoms with Gasteiger partial charge in [-0.05, 0) is 37.9 Å². The third-order valence-corrected chi connectivity index (χ3v) is 5.30. The van der Waals surface area contributed by atoms with E-state index in [1.807, 2.05) is 37.3 Å². The fraction of sp³-hybridized carbons (Fsp3) is 0.588. The van der Waals surface area contributed by atoms with Crippen LogP contribution < -0.4 is 5.32 Å². The van der Waals surface area contributed by atoms with Gasteiger partial charge >= 0.3 is 0 Å². The second kappa shape index (κ2) is 9.06.